The molecule has 6 fully saturated rings. The summed E-state index contributed by atoms with van der Waals surface area (Å²) in [5.41, 5.74) is -1.51. The maximum absolute atomic E-state index is 13.8. The zero-order chi connectivity index (χ0) is 16.6. The highest BCUT2D eigenvalue weighted by atomic mass is 32.2. The fourth-order valence-electron chi connectivity index (χ4n) is 7.56. The summed E-state index contributed by atoms with van der Waals surface area (Å²) in [6.45, 7) is 0. The molecule has 24 heavy (non-hydrogen) atoms. The SMILES string of the molecule is N#CC1(C#N)[C@@H](C(=O)C23CC4CC(CC(C4)C2)C3)C12CCSCC2. The van der Waals surface area contributed by atoms with Crippen LogP contribution >= 0.6 is 11.8 Å². The number of thioether (sulfide) groups is 1. The summed E-state index contributed by atoms with van der Waals surface area (Å²) in [4.78, 5) is 13.8. The number of ketones is 1. The zero-order valence-electron chi connectivity index (χ0n) is 14.1. The minimum absolute atomic E-state index is 0.174. The van der Waals surface area contributed by atoms with Crippen molar-refractivity contribution < 1.29 is 4.79 Å². The lowest BCUT2D eigenvalue weighted by Crippen LogP contribution is -2.51. The molecule has 0 N–H and O–H groups in total. The second kappa shape index (κ2) is 4.79. The number of Topliss-reactive ketones (excluding diaryl/α,β-unsaturated/α-hetero) is 1. The molecule has 1 saturated heterocycles. The average Bonchev–Trinajstić information content (AvgIpc) is 3.13. The summed E-state index contributed by atoms with van der Waals surface area (Å²) in [7, 11) is 0. The number of carbonyl (C=O) groups excluding carboxylic acids is 1. The molecule has 0 aromatic carbocycles. The number of rotatable bonds is 2. The van der Waals surface area contributed by atoms with Crippen molar-refractivity contribution in [3.8, 4) is 12.1 Å². The van der Waals surface area contributed by atoms with E-state index in [0.29, 0.717) is 5.78 Å². The van der Waals surface area contributed by atoms with Gasteiger partial charge in [-0.15, -0.1) is 0 Å². The third kappa shape index (κ3) is 1.67. The third-order valence-electron chi connectivity index (χ3n) is 8.25. The van der Waals surface area contributed by atoms with Crippen LogP contribution in [0.5, 0.6) is 0 Å². The first-order chi connectivity index (χ1) is 11.6. The predicted octanol–water partition coefficient (Wildman–Crippen LogP) is 3.95. The number of nitrogens with zero attached hydrogens (tertiary/aromatic N) is 2. The van der Waals surface area contributed by atoms with E-state index in [4.69, 9.17) is 0 Å². The normalized spacial score (nSPS) is 46.2. The molecule has 6 rings (SSSR count). The lowest BCUT2D eigenvalue weighted by Gasteiger charge is -2.56. The van der Waals surface area contributed by atoms with Gasteiger partial charge in [0.2, 0.25) is 0 Å². The van der Waals surface area contributed by atoms with Gasteiger partial charge in [0.15, 0.2) is 5.41 Å². The lowest BCUT2D eigenvalue weighted by atomic mass is 9.48. The Labute approximate surface area is 148 Å². The Balaban J connectivity index is 1.51. The largest absolute Gasteiger partial charge is 0.299 e. The predicted molar refractivity (Wildman–Crippen MR) is 91.8 cm³/mol. The highest BCUT2D eigenvalue weighted by Gasteiger charge is 2.82. The third-order valence-corrected chi connectivity index (χ3v) is 9.23. The second-order valence-electron chi connectivity index (χ2n) is 9.30. The van der Waals surface area contributed by atoms with Crippen LogP contribution in [-0.2, 0) is 4.79 Å². The van der Waals surface area contributed by atoms with Crippen LogP contribution in [0.25, 0.3) is 0 Å². The maximum atomic E-state index is 13.8. The molecule has 0 radical (unpaired) electrons. The van der Waals surface area contributed by atoms with Gasteiger partial charge in [-0.05, 0) is 80.6 Å². The summed E-state index contributed by atoms with van der Waals surface area (Å²) in [5.74, 6) is 4.22. The minimum atomic E-state index is -1.02. The molecule has 0 aromatic rings. The Kier molecular flexibility index (Phi) is 3.05. The summed E-state index contributed by atoms with van der Waals surface area (Å²) >= 11 is 1.90. The Morgan fingerprint density at radius 3 is 1.88 bits per heavy atom. The van der Waals surface area contributed by atoms with E-state index < -0.39 is 5.41 Å². The van der Waals surface area contributed by atoms with Gasteiger partial charge in [0, 0.05) is 10.8 Å². The van der Waals surface area contributed by atoms with E-state index in [2.05, 4.69) is 12.1 Å². The topological polar surface area (TPSA) is 64.7 Å². The van der Waals surface area contributed by atoms with E-state index in [9.17, 15) is 15.3 Å². The number of nitriles is 2. The van der Waals surface area contributed by atoms with Gasteiger partial charge in [-0.1, -0.05) is 0 Å². The molecule has 5 saturated carbocycles. The van der Waals surface area contributed by atoms with Crippen LogP contribution in [-0.4, -0.2) is 17.3 Å². The van der Waals surface area contributed by atoms with Crippen molar-refractivity contribution >= 4 is 17.5 Å². The average molecular weight is 340 g/mol. The molecule has 1 heterocycles. The van der Waals surface area contributed by atoms with Crippen molar-refractivity contribution in [2.75, 3.05) is 11.5 Å². The first-order valence-electron chi connectivity index (χ1n) is 9.54. The molecule has 4 heteroatoms. The molecule has 1 aliphatic heterocycles. The lowest BCUT2D eigenvalue weighted by molar-refractivity contribution is -0.146. The molecule has 1 atom stereocenters. The van der Waals surface area contributed by atoms with E-state index >= 15 is 0 Å². The standard InChI is InChI=1S/C20H24N2OS/c21-11-20(12-22)16(19(20)1-3-24-4-2-19)17(23)18-8-13-5-14(9-18)7-15(6-13)10-18/h13-16H,1-10H2/t13?,14?,15?,16-,18?/m0/s1. The van der Waals surface area contributed by atoms with E-state index in [0.717, 1.165) is 61.4 Å². The van der Waals surface area contributed by atoms with Crippen molar-refractivity contribution in [1.29, 1.82) is 10.5 Å². The Morgan fingerprint density at radius 1 is 0.917 bits per heavy atom. The summed E-state index contributed by atoms with van der Waals surface area (Å²) in [6.07, 6.45) is 8.86. The summed E-state index contributed by atoms with van der Waals surface area (Å²) < 4.78 is 0. The zero-order valence-corrected chi connectivity index (χ0v) is 14.9. The van der Waals surface area contributed by atoms with Crippen molar-refractivity contribution in [2.24, 2.45) is 39.9 Å². The molecule has 126 valence electrons. The number of hydrogen-bond acceptors (Lipinski definition) is 4. The maximum Gasteiger partial charge on any atom is 0.160 e. The highest BCUT2D eigenvalue weighted by molar-refractivity contribution is 7.99. The van der Waals surface area contributed by atoms with E-state index in [-0.39, 0.29) is 16.7 Å². The monoisotopic (exact) mass is 340 g/mol. The van der Waals surface area contributed by atoms with Crippen LogP contribution in [0.15, 0.2) is 0 Å². The smallest absolute Gasteiger partial charge is 0.160 e. The van der Waals surface area contributed by atoms with Gasteiger partial charge in [0.25, 0.3) is 0 Å². The van der Waals surface area contributed by atoms with Gasteiger partial charge < -0.3 is 0 Å². The number of carbonyl (C=O) groups is 1. The van der Waals surface area contributed by atoms with E-state index in [1.54, 1.807) is 0 Å². The quantitative estimate of drug-likeness (QED) is 0.763. The van der Waals surface area contributed by atoms with Gasteiger partial charge >= 0.3 is 0 Å². The second-order valence-corrected chi connectivity index (χ2v) is 10.5. The van der Waals surface area contributed by atoms with Crippen LogP contribution in [0.2, 0.25) is 0 Å². The molecule has 1 spiro atoms. The summed E-state index contributed by atoms with van der Waals surface area (Å²) in [5, 5.41) is 19.7. The Hall–Kier alpha value is -1.000. The first kappa shape index (κ1) is 15.3. The molecule has 3 nitrogen and oxygen atoms in total. The van der Waals surface area contributed by atoms with E-state index in [1.165, 1.54) is 19.3 Å². The van der Waals surface area contributed by atoms with Crippen LogP contribution < -0.4 is 0 Å². The van der Waals surface area contributed by atoms with Crippen molar-refractivity contribution in [1.82, 2.24) is 0 Å². The molecule has 4 bridgehead atoms. The molecule has 0 unspecified atom stereocenters. The van der Waals surface area contributed by atoms with Gasteiger partial charge in [0.05, 0.1) is 18.1 Å². The molecule has 5 aliphatic carbocycles. The molecular weight excluding hydrogens is 316 g/mol. The van der Waals surface area contributed by atoms with Crippen LogP contribution in [0.1, 0.15) is 51.4 Å². The molecule has 6 aliphatic rings. The van der Waals surface area contributed by atoms with Gasteiger partial charge in [-0.2, -0.15) is 22.3 Å². The minimum Gasteiger partial charge on any atom is -0.299 e. The fourth-order valence-corrected chi connectivity index (χ4v) is 8.78. The molecular formula is C20H24N2OS. The molecule has 0 amide bonds. The first-order valence-corrected chi connectivity index (χ1v) is 10.7. The van der Waals surface area contributed by atoms with Crippen LogP contribution in [0.3, 0.4) is 0 Å². The Bertz CT molecular complexity index is 629. The molecule has 0 aromatic heterocycles. The fraction of sp³-hybridized carbons (Fsp3) is 0.850. The van der Waals surface area contributed by atoms with Crippen molar-refractivity contribution in [3.05, 3.63) is 0 Å². The van der Waals surface area contributed by atoms with E-state index in [1.807, 2.05) is 11.8 Å². The van der Waals surface area contributed by atoms with Crippen LogP contribution in [0.4, 0.5) is 0 Å². The van der Waals surface area contributed by atoms with Crippen molar-refractivity contribution in [3.63, 3.8) is 0 Å². The van der Waals surface area contributed by atoms with Gasteiger partial charge in [-0.3, -0.25) is 4.79 Å². The number of hydrogen-bond donors (Lipinski definition) is 0. The highest BCUT2D eigenvalue weighted by Crippen LogP contribution is 2.76. The van der Waals surface area contributed by atoms with Crippen LogP contribution in [0, 0.1) is 62.6 Å². The Morgan fingerprint density at radius 2 is 1.42 bits per heavy atom. The van der Waals surface area contributed by atoms with Gasteiger partial charge in [-0.25, -0.2) is 0 Å². The summed E-state index contributed by atoms with van der Waals surface area (Å²) in [6, 6.07) is 4.67. The van der Waals surface area contributed by atoms with Gasteiger partial charge in [0.1, 0.15) is 5.78 Å². The van der Waals surface area contributed by atoms with Crippen molar-refractivity contribution in [2.45, 2.75) is 51.4 Å².